The van der Waals surface area contributed by atoms with Gasteiger partial charge in [0.15, 0.2) is 0 Å². The molecule has 4 aromatic rings. The molecule has 5 rings (SSSR count). The number of aromatic nitrogens is 3. The van der Waals surface area contributed by atoms with Gasteiger partial charge in [-0.15, -0.1) is 0 Å². The third-order valence-electron chi connectivity index (χ3n) is 5.39. The Labute approximate surface area is 172 Å². The summed E-state index contributed by atoms with van der Waals surface area (Å²) in [5.41, 5.74) is 11.2. The van der Waals surface area contributed by atoms with Crippen molar-refractivity contribution in [3.63, 3.8) is 0 Å². The van der Waals surface area contributed by atoms with Gasteiger partial charge in [0, 0.05) is 6.20 Å². The number of carbonyl (C=O) groups is 1. The van der Waals surface area contributed by atoms with Crippen molar-refractivity contribution in [2.75, 3.05) is 19.5 Å². The zero-order valence-corrected chi connectivity index (χ0v) is 16.4. The van der Waals surface area contributed by atoms with Crippen LogP contribution in [0.2, 0.25) is 0 Å². The number of esters is 1. The highest BCUT2D eigenvalue weighted by atomic mass is 16.5. The first-order chi connectivity index (χ1) is 14.6. The first-order valence-electron chi connectivity index (χ1n) is 9.66. The van der Waals surface area contributed by atoms with Crippen molar-refractivity contribution in [3.8, 4) is 16.9 Å². The number of hydrogen-bond acceptors (Lipinski definition) is 6. The molecule has 2 aromatic heterocycles. The molecule has 1 aliphatic rings. The number of hydrogen-bond donors (Lipinski definition) is 2. The molecule has 1 unspecified atom stereocenters. The summed E-state index contributed by atoms with van der Waals surface area (Å²) < 4.78 is 10.8. The molecule has 0 saturated heterocycles. The van der Waals surface area contributed by atoms with E-state index in [9.17, 15) is 4.79 Å². The summed E-state index contributed by atoms with van der Waals surface area (Å²) in [6, 6.07) is 15.2. The molecule has 7 nitrogen and oxygen atoms in total. The van der Waals surface area contributed by atoms with Gasteiger partial charge in [0.2, 0.25) is 0 Å². The van der Waals surface area contributed by atoms with E-state index in [1.165, 1.54) is 7.11 Å². The van der Waals surface area contributed by atoms with Crippen LogP contribution in [0.15, 0.2) is 54.7 Å². The van der Waals surface area contributed by atoms with Gasteiger partial charge < -0.3 is 20.2 Å². The van der Waals surface area contributed by atoms with Gasteiger partial charge in [-0.1, -0.05) is 6.07 Å². The fraction of sp³-hybridized carbons (Fsp3) is 0.174. The second kappa shape index (κ2) is 7.18. The average Bonchev–Trinajstić information content (AvgIpc) is 3.21. The molecule has 1 atom stereocenters. The van der Waals surface area contributed by atoms with E-state index in [2.05, 4.69) is 16.0 Å². The number of ether oxygens (including phenoxy) is 2. The van der Waals surface area contributed by atoms with Crippen molar-refractivity contribution < 1.29 is 14.3 Å². The highest BCUT2D eigenvalue weighted by molar-refractivity contribution is 5.89. The summed E-state index contributed by atoms with van der Waals surface area (Å²) in [5, 5.41) is 0. The standard InChI is InChI=1S/C23H20N4O3/c1-29-23(28)15-3-5-20-16(8-15)9-17(12-30-20)22-26-18-4-2-13(10-19(18)27-22)14-6-7-25-21(24)11-14/h2-8,10-11,17H,9,12H2,1H3,(H2,24,25)(H,26,27). The number of aromatic amines is 1. The molecule has 0 radical (unpaired) electrons. The average molecular weight is 400 g/mol. The quantitative estimate of drug-likeness (QED) is 0.508. The fourth-order valence-electron chi connectivity index (χ4n) is 3.85. The van der Waals surface area contributed by atoms with Crippen LogP contribution in [0.25, 0.3) is 22.2 Å². The first kappa shape index (κ1) is 18.2. The molecule has 1 aliphatic heterocycles. The maximum atomic E-state index is 11.8. The summed E-state index contributed by atoms with van der Waals surface area (Å²) in [5.74, 6) is 1.87. The molecule has 2 aromatic carbocycles. The Kier molecular flexibility index (Phi) is 4.35. The Balaban J connectivity index is 1.45. The molecule has 0 amide bonds. The molecule has 3 N–H and O–H groups in total. The normalized spacial score (nSPS) is 15.4. The summed E-state index contributed by atoms with van der Waals surface area (Å²) in [6.45, 7) is 0.526. The Morgan fingerprint density at radius 2 is 2.03 bits per heavy atom. The Bertz CT molecular complexity index is 1260. The lowest BCUT2D eigenvalue weighted by Crippen LogP contribution is -2.20. The van der Waals surface area contributed by atoms with Crippen LogP contribution >= 0.6 is 0 Å². The van der Waals surface area contributed by atoms with Crippen molar-refractivity contribution >= 4 is 22.8 Å². The number of pyridine rings is 1. The van der Waals surface area contributed by atoms with Crippen molar-refractivity contribution in [2.45, 2.75) is 12.3 Å². The van der Waals surface area contributed by atoms with Gasteiger partial charge in [0.25, 0.3) is 0 Å². The molecule has 150 valence electrons. The number of nitrogen functional groups attached to an aromatic ring is 1. The van der Waals surface area contributed by atoms with Gasteiger partial charge in [-0.2, -0.15) is 0 Å². The molecule has 30 heavy (non-hydrogen) atoms. The van der Waals surface area contributed by atoms with E-state index in [1.807, 2.05) is 36.4 Å². The monoisotopic (exact) mass is 400 g/mol. The van der Waals surface area contributed by atoms with Crippen LogP contribution in [0, 0.1) is 0 Å². The minimum Gasteiger partial charge on any atom is -0.493 e. The molecular formula is C23H20N4O3. The molecule has 3 heterocycles. The van der Waals surface area contributed by atoms with E-state index < -0.39 is 0 Å². The summed E-state index contributed by atoms with van der Waals surface area (Å²) in [6.07, 6.45) is 2.43. The second-order valence-electron chi connectivity index (χ2n) is 7.35. The highest BCUT2D eigenvalue weighted by Crippen LogP contribution is 2.33. The number of nitrogens with one attached hydrogen (secondary N) is 1. The molecule has 0 bridgehead atoms. The third kappa shape index (κ3) is 3.24. The van der Waals surface area contributed by atoms with E-state index in [0.29, 0.717) is 18.0 Å². The maximum absolute atomic E-state index is 11.8. The number of carbonyl (C=O) groups excluding carboxylic acids is 1. The largest absolute Gasteiger partial charge is 0.493 e. The Morgan fingerprint density at radius 3 is 2.87 bits per heavy atom. The van der Waals surface area contributed by atoms with Crippen molar-refractivity contribution in [1.29, 1.82) is 0 Å². The van der Waals surface area contributed by atoms with E-state index in [-0.39, 0.29) is 11.9 Å². The van der Waals surface area contributed by atoms with Crippen LogP contribution in [0.5, 0.6) is 5.75 Å². The lowest BCUT2D eigenvalue weighted by atomic mass is 9.95. The Hall–Kier alpha value is -3.87. The number of rotatable bonds is 3. The number of benzene rings is 2. The molecule has 0 fully saturated rings. The Morgan fingerprint density at radius 1 is 1.17 bits per heavy atom. The predicted molar refractivity (Wildman–Crippen MR) is 113 cm³/mol. The smallest absolute Gasteiger partial charge is 0.337 e. The highest BCUT2D eigenvalue weighted by Gasteiger charge is 2.25. The van der Waals surface area contributed by atoms with Crippen LogP contribution in [0.3, 0.4) is 0 Å². The van der Waals surface area contributed by atoms with Gasteiger partial charge in [0.05, 0.1) is 36.2 Å². The van der Waals surface area contributed by atoms with Crippen molar-refractivity contribution in [1.82, 2.24) is 15.0 Å². The number of imidazole rings is 1. The number of fused-ring (bicyclic) bond motifs is 2. The minimum atomic E-state index is -0.354. The van der Waals surface area contributed by atoms with E-state index >= 15 is 0 Å². The third-order valence-corrected chi connectivity index (χ3v) is 5.39. The van der Waals surface area contributed by atoms with Crippen LogP contribution in [0.4, 0.5) is 5.82 Å². The lowest BCUT2D eigenvalue weighted by molar-refractivity contribution is 0.0600. The lowest BCUT2D eigenvalue weighted by Gasteiger charge is -2.24. The zero-order chi connectivity index (χ0) is 20.7. The summed E-state index contributed by atoms with van der Waals surface area (Å²) >= 11 is 0. The second-order valence-corrected chi connectivity index (χ2v) is 7.35. The zero-order valence-electron chi connectivity index (χ0n) is 16.4. The SMILES string of the molecule is COC(=O)c1ccc2c(c1)CC(c1nc3ccc(-c4ccnc(N)c4)cc3[nH]1)CO2. The minimum absolute atomic E-state index is 0.0674. The van der Waals surface area contributed by atoms with Crippen LogP contribution in [-0.4, -0.2) is 34.6 Å². The maximum Gasteiger partial charge on any atom is 0.337 e. The van der Waals surface area contributed by atoms with Gasteiger partial charge in [-0.05, 0) is 65.6 Å². The summed E-state index contributed by atoms with van der Waals surface area (Å²) in [7, 11) is 1.38. The van der Waals surface area contributed by atoms with Crippen molar-refractivity contribution in [2.24, 2.45) is 0 Å². The molecule has 0 spiro atoms. The molecule has 0 saturated carbocycles. The van der Waals surface area contributed by atoms with Crippen LogP contribution in [0.1, 0.15) is 27.7 Å². The van der Waals surface area contributed by atoms with Crippen LogP contribution in [-0.2, 0) is 11.2 Å². The van der Waals surface area contributed by atoms with Crippen molar-refractivity contribution in [3.05, 3.63) is 71.7 Å². The van der Waals surface area contributed by atoms with E-state index in [0.717, 1.165) is 45.7 Å². The number of H-pyrrole nitrogens is 1. The first-order valence-corrected chi connectivity index (χ1v) is 9.66. The van der Waals surface area contributed by atoms with E-state index in [4.69, 9.17) is 20.2 Å². The van der Waals surface area contributed by atoms with Gasteiger partial charge >= 0.3 is 5.97 Å². The number of nitrogens with two attached hydrogens (primary N) is 1. The topological polar surface area (TPSA) is 103 Å². The molecule has 0 aliphatic carbocycles. The number of anilines is 1. The number of methoxy groups -OCH3 is 1. The summed E-state index contributed by atoms with van der Waals surface area (Å²) in [4.78, 5) is 24.1. The fourth-order valence-corrected chi connectivity index (χ4v) is 3.85. The van der Waals surface area contributed by atoms with Gasteiger partial charge in [-0.25, -0.2) is 14.8 Å². The van der Waals surface area contributed by atoms with E-state index in [1.54, 1.807) is 12.3 Å². The van der Waals surface area contributed by atoms with Crippen LogP contribution < -0.4 is 10.5 Å². The van der Waals surface area contributed by atoms with Gasteiger partial charge in [0.1, 0.15) is 17.4 Å². The number of nitrogens with zero attached hydrogens (tertiary/aromatic N) is 2. The van der Waals surface area contributed by atoms with Gasteiger partial charge in [-0.3, -0.25) is 0 Å². The predicted octanol–water partition coefficient (Wildman–Crippen LogP) is 3.71. The molecule has 7 heteroatoms. The molecular weight excluding hydrogens is 380 g/mol.